The van der Waals surface area contributed by atoms with Crippen LogP contribution in [0.4, 0.5) is 0 Å². The highest BCUT2D eigenvalue weighted by Gasteiger charge is 2.18. The Morgan fingerprint density at radius 3 is 2.61 bits per heavy atom. The Morgan fingerprint density at radius 2 is 1.79 bits per heavy atom. The number of carbonyl (C=O) groups is 2. The third-order valence-corrected chi connectivity index (χ3v) is 6.84. The number of Topliss-reactive ketones (excluding diaryl/α,β-unsaturated/α-hetero) is 1. The van der Waals surface area contributed by atoms with E-state index >= 15 is 0 Å². The SMILES string of the molecule is O=C(CSc1ccc2ccccc2c1)c1ccc(CC(=O)N2CCOCC2)s1. The normalized spacial score (nSPS) is 14.4. The summed E-state index contributed by atoms with van der Waals surface area (Å²) in [5.74, 6) is 0.610. The van der Waals surface area contributed by atoms with Gasteiger partial charge in [0.15, 0.2) is 5.78 Å². The second-order valence-electron chi connectivity index (χ2n) is 6.66. The molecule has 1 fully saturated rings. The highest BCUT2D eigenvalue weighted by atomic mass is 32.2. The maximum Gasteiger partial charge on any atom is 0.227 e. The Bertz CT molecular complexity index is 992. The van der Waals surface area contributed by atoms with Gasteiger partial charge in [-0.3, -0.25) is 9.59 Å². The number of rotatable bonds is 6. The molecule has 0 atom stereocenters. The van der Waals surface area contributed by atoms with Crippen LogP contribution in [0, 0.1) is 0 Å². The molecule has 0 bridgehead atoms. The van der Waals surface area contributed by atoms with Gasteiger partial charge >= 0.3 is 0 Å². The van der Waals surface area contributed by atoms with Gasteiger partial charge in [0.05, 0.1) is 30.3 Å². The monoisotopic (exact) mass is 411 g/mol. The number of amides is 1. The lowest BCUT2D eigenvalue weighted by Gasteiger charge is -2.26. The summed E-state index contributed by atoms with van der Waals surface area (Å²) in [4.78, 5) is 29.5. The standard InChI is InChI=1S/C22H21NO3S2/c24-20(15-27-18-6-5-16-3-1-2-4-17(16)13-18)21-8-7-19(28-21)14-22(25)23-9-11-26-12-10-23/h1-8,13H,9-12,14-15H2. The van der Waals surface area contributed by atoms with Crippen LogP contribution in [-0.2, 0) is 16.0 Å². The van der Waals surface area contributed by atoms with Crippen LogP contribution in [0.5, 0.6) is 0 Å². The van der Waals surface area contributed by atoms with Crippen molar-refractivity contribution in [2.24, 2.45) is 0 Å². The predicted molar refractivity (Wildman–Crippen MR) is 114 cm³/mol. The van der Waals surface area contributed by atoms with Crippen LogP contribution >= 0.6 is 23.1 Å². The molecule has 6 heteroatoms. The number of hydrogen-bond donors (Lipinski definition) is 0. The molecule has 0 spiro atoms. The van der Waals surface area contributed by atoms with E-state index in [-0.39, 0.29) is 11.7 Å². The average Bonchev–Trinajstić information content (AvgIpc) is 3.21. The number of nitrogens with zero attached hydrogens (tertiary/aromatic N) is 1. The fourth-order valence-corrected chi connectivity index (χ4v) is 5.03. The molecule has 0 unspecified atom stereocenters. The van der Waals surface area contributed by atoms with Crippen LogP contribution in [0.15, 0.2) is 59.5 Å². The van der Waals surface area contributed by atoms with Gasteiger partial charge in [0.25, 0.3) is 0 Å². The molecule has 4 nitrogen and oxygen atoms in total. The molecule has 1 saturated heterocycles. The number of ketones is 1. The molecule has 28 heavy (non-hydrogen) atoms. The van der Waals surface area contributed by atoms with E-state index in [1.165, 1.54) is 22.1 Å². The summed E-state index contributed by atoms with van der Waals surface area (Å²) in [6, 6.07) is 18.2. The van der Waals surface area contributed by atoms with E-state index < -0.39 is 0 Å². The summed E-state index contributed by atoms with van der Waals surface area (Å²) >= 11 is 2.98. The lowest BCUT2D eigenvalue weighted by Crippen LogP contribution is -2.41. The van der Waals surface area contributed by atoms with Crippen LogP contribution in [0.2, 0.25) is 0 Å². The van der Waals surface area contributed by atoms with Crippen LogP contribution in [-0.4, -0.2) is 48.6 Å². The maximum atomic E-state index is 12.6. The summed E-state index contributed by atoms with van der Waals surface area (Å²) in [5.41, 5.74) is 0. The van der Waals surface area contributed by atoms with Gasteiger partial charge in [-0.25, -0.2) is 0 Å². The third-order valence-electron chi connectivity index (χ3n) is 4.72. The first-order valence-corrected chi connectivity index (χ1v) is 11.1. The number of fused-ring (bicyclic) bond motifs is 1. The summed E-state index contributed by atoms with van der Waals surface area (Å²) in [5, 5.41) is 2.38. The van der Waals surface area contributed by atoms with Gasteiger partial charge in [0.1, 0.15) is 0 Å². The highest BCUT2D eigenvalue weighted by Crippen LogP contribution is 2.26. The zero-order chi connectivity index (χ0) is 19.3. The van der Waals surface area contributed by atoms with Crippen LogP contribution in [0.25, 0.3) is 10.8 Å². The van der Waals surface area contributed by atoms with Gasteiger partial charge in [-0.1, -0.05) is 30.3 Å². The van der Waals surface area contributed by atoms with Crippen molar-refractivity contribution in [3.05, 3.63) is 64.4 Å². The van der Waals surface area contributed by atoms with Gasteiger partial charge in [-0.2, -0.15) is 0 Å². The summed E-state index contributed by atoms with van der Waals surface area (Å²) in [7, 11) is 0. The number of benzene rings is 2. The van der Waals surface area contributed by atoms with Crippen molar-refractivity contribution < 1.29 is 14.3 Å². The molecule has 0 saturated carbocycles. The summed E-state index contributed by atoms with van der Waals surface area (Å²) in [6.07, 6.45) is 0.357. The molecule has 0 aliphatic carbocycles. The van der Waals surface area contributed by atoms with E-state index in [4.69, 9.17) is 4.74 Å². The van der Waals surface area contributed by atoms with E-state index in [1.54, 1.807) is 11.8 Å². The fourth-order valence-electron chi connectivity index (χ4n) is 3.17. The number of ether oxygens (including phenoxy) is 1. The van der Waals surface area contributed by atoms with E-state index in [0.717, 1.165) is 14.6 Å². The lowest BCUT2D eigenvalue weighted by atomic mass is 10.1. The fraction of sp³-hybridized carbons (Fsp3) is 0.273. The van der Waals surface area contributed by atoms with E-state index in [0.29, 0.717) is 38.5 Å². The zero-order valence-electron chi connectivity index (χ0n) is 15.4. The third kappa shape index (κ3) is 4.63. The van der Waals surface area contributed by atoms with Crippen molar-refractivity contribution >= 4 is 45.6 Å². The van der Waals surface area contributed by atoms with Gasteiger partial charge in [0, 0.05) is 22.9 Å². The first-order chi connectivity index (χ1) is 13.7. The smallest absolute Gasteiger partial charge is 0.227 e. The van der Waals surface area contributed by atoms with Crippen molar-refractivity contribution in [2.75, 3.05) is 32.1 Å². The molecular formula is C22H21NO3S2. The number of carbonyl (C=O) groups excluding carboxylic acids is 2. The number of morpholine rings is 1. The van der Waals surface area contributed by atoms with Gasteiger partial charge in [0.2, 0.25) is 5.91 Å². The first-order valence-electron chi connectivity index (χ1n) is 9.28. The Hall–Kier alpha value is -2.15. The average molecular weight is 412 g/mol. The number of thiophene rings is 1. The second-order valence-corrected chi connectivity index (χ2v) is 8.87. The Balaban J connectivity index is 1.34. The van der Waals surface area contributed by atoms with Gasteiger partial charge < -0.3 is 9.64 Å². The minimum Gasteiger partial charge on any atom is -0.378 e. The predicted octanol–water partition coefficient (Wildman–Crippen LogP) is 4.28. The number of thioether (sulfide) groups is 1. The van der Waals surface area contributed by atoms with Crippen molar-refractivity contribution in [1.82, 2.24) is 4.90 Å². The minimum absolute atomic E-state index is 0.105. The Morgan fingerprint density at radius 1 is 1.00 bits per heavy atom. The summed E-state index contributed by atoms with van der Waals surface area (Å²) in [6.45, 7) is 2.51. The topological polar surface area (TPSA) is 46.6 Å². The van der Waals surface area contributed by atoms with Crippen LogP contribution in [0.3, 0.4) is 0 Å². The summed E-state index contributed by atoms with van der Waals surface area (Å²) < 4.78 is 5.28. The molecule has 2 heterocycles. The largest absolute Gasteiger partial charge is 0.378 e. The van der Waals surface area contributed by atoms with E-state index in [1.807, 2.05) is 29.2 Å². The first kappa shape index (κ1) is 19.2. The maximum absolute atomic E-state index is 12.6. The van der Waals surface area contributed by atoms with E-state index in [2.05, 4.69) is 30.3 Å². The molecular weight excluding hydrogens is 390 g/mol. The van der Waals surface area contributed by atoms with Gasteiger partial charge in [-0.15, -0.1) is 23.1 Å². The van der Waals surface area contributed by atoms with Crippen LogP contribution in [0.1, 0.15) is 14.5 Å². The van der Waals surface area contributed by atoms with Crippen molar-refractivity contribution in [1.29, 1.82) is 0 Å². The Labute approximate surface area is 172 Å². The lowest BCUT2D eigenvalue weighted by molar-refractivity contribution is -0.134. The molecule has 0 N–H and O–H groups in total. The molecule has 3 aromatic rings. The van der Waals surface area contributed by atoms with Crippen LogP contribution < -0.4 is 0 Å². The molecule has 1 aliphatic rings. The highest BCUT2D eigenvalue weighted by molar-refractivity contribution is 8.00. The molecule has 1 aromatic heterocycles. The minimum atomic E-state index is 0.105. The number of hydrogen-bond acceptors (Lipinski definition) is 5. The molecule has 2 aromatic carbocycles. The molecule has 1 amide bonds. The quantitative estimate of drug-likeness (QED) is 0.449. The molecule has 4 rings (SSSR count). The molecule has 144 valence electrons. The van der Waals surface area contributed by atoms with Gasteiger partial charge in [-0.05, 0) is 35.0 Å². The Kier molecular flexibility index (Phi) is 6.10. The van der Waals surface area contributed by atoms with Crippen molar-refractivity contribution in [3.8, 4) is 0 Å². The zero-order valence-corrected chi connectivity index (χ0v) is 17.1. The van der Waals surface area contributed by atoms with E-state index in [9.17, 15) is 9.59 Å². The second kappa shape index (κ2) is 8.90. The molecule has 1 aliphatic heterocycles. The molecule has 0 radical (unpaired) electrons. The van der Waals surface area contributed by atoms with Crippen molar-refractivity contribution in [3.63, 3.8) is 0 Å². The van der Waals surface area contributed by atoms with Crippen molar-refractivity contribution in [2.45, 2.75) is 11.3 Å².